The Morgan fingerprint density at radius 2 is 1.93 bits per heavy atom. The Labute approximate surface area is 167 Å². The molecule has 0 radical (unpaired) electrons. The van der Waals surface area contributed by atoms with E-state index in [0.717, 1.165) is 37.8 Å². The van der Waals surface area contributed by atoms with Crippen LogP contribution in [0.5, 0.6) is 0 Å². The monoisotopic (exact) mass is 398 g/mol. The van der Waals surface area contributed by atoms with Gasteiger partial charge in [-0.05, 0) is 51.2 Å². The Bertz CT molecular complexity index is 1010. The maximum atomic E-state index is 12.3. The molecule has 2 aliphatic rings. The summed E-state index contributed by atoms with van der Waals surface area (Å²) in [5.41, 5.74) is 1.13. The SMILES string of the molecule is CC1=C\CCCCC(=O)O/C(C2CCC(c3nc4ccccc4c(=O)o3)S2)=N\1. The van der Waals surface area contributed by atoms with Crippen LogP contribution >= 0.6 is 11.8 Å². The summed E-state index contributed by atoms with van der Waals surface area (Å²) >= 11 is 1.59. The molecule has 3 heterocycles. The van der Waals surface area contributed by atoms with E-state index in [-0.39, 0.29) is 22.1 Å². The summed E-state index contributed by atoms with van der Waals surface area (Å²) in [5, 5.41) is 0.357. The Morgan fingerprint density at radius 3 is 2.82 bits per heavy atom. The van der Waals surface area contributed by atoms with Crippen LogP contribution in [0.15, 0.2) is 50.2 Å². The normalized spacial score (nSPS) is 27.5. The highest BCUT2D eigenvalue weighted by Crippen LogP contribution is 2.45. The van der Waals surface area contributed by atoms with Crippen molar-refractivity contribution in [2.45, 2.75) is 55.9 Å². The Morgan fingerprint density at radius 1 is 1.11 bits per heavy atom. The molecule has 2 unspecified atom stereocenters. The van der Waals surface area contributed by atoms with Crippen LogP contribution in [0.4, 0.5) is 0 Å². The highest BCUT2D eigenvalue weighted by Gasteiger charge is 2.35. The van der Waals surface area contributed by atoms with E-state index in [1.165, 1.54) is 0 Å². The van der Waals surface area contributed by atoms with Gasteiger partial charge >= 0.3 is 11.6 Å². The number of fused-ring (bicyclic) bond motifs is 1. The second kappa shape index (κ2) is 8.31. The van der Waals surface area contributed by atoms with Gasteiger partial charge in [-0.3, -0.25) is 4.79 Å². The maximum absolute atomic E-state index is 12.3. The van der Waals surface area contributed by atoms with Crippen molar-refractivity contribution < 1.29 is 13.9 Å². The summed E-state index contributed by atoms with van der Waals surface area (Å²) in [6.45, 7) is 1.93. The lowest BCUT2D eigenvalue weighted by Crippen LogP contribution is -2.22. The lowest BCUT2D eigenvalue weighted by molar-refractivity contribution is -0.135. The highest BCUT2D eigenvalue weighted by atomic mass is 32.2. The molecule has 7 heteroatoms. The number of esters is 1. The third-order valence-corrected chi connectivity index (χ3v) is 6.43. The molecule has 2 aliphatic heterocycles. The molecule has 4 rings (SSSR count). The number of rotatable bonds is 2. The number of nitrogens with zero attached hydrogens (tertiary/aromatic N) is 2. The molecule has 1 aromatic carbocycles. The van der Waals surface area contributed by atoms with Gasteiger partial charge in [0, 0.05) is 12.1 Å². The van der Waals surface area contributed by atoms with Crippen molar-refractivity contribution in [2.24, 2.45) is 4.99 Å². The van der Waals surface area contributed by atoms with Crippen LogP contribution in [0.3, 0.4) is 0 Å². The molecule has 28 heavy (non-hydrogen) atoms. The van der Waals surface area contributed by atoms with E-state index in [9.17, 15) is 9.59 Å². The predicted molar refractivity (Wildman–Crippen MR) is 109 cm³/mol. The third kappa shape index (κ3) is 4.19. The number of aliphatic imine (C=N–C) groups is 1. The number of para-hydroxylation sites is 1. The van der Waals surface area contributed by atoms with Gasteiger partial charge in [0.25, 0.3) is 0 Å². The van der Waals surface area contributed by atoms with E-state index in [4.69, 9.17) is 9.15 Å². The van der Waals surface area contributed by atoms with Crippen LogP contribution in [0.2, 0.25) is 0 Å². The number of aromatic nitrogens is 1. The van der Waals surface area contributed by atoms with E-state index < -0.39 is 0 Å². The summed E-state index contributed by atoms with van der Waals surface area (Å²) in [5.74, 6) is 0.652. The van der Waals surface area contributed by atoms with Crippen LogP contribution in [-0.2, 0) is 9.53 Å². The van der Waals surface area contributed by atoms with Gasteiger partial charge in [-0.25, -0.2) is 14.8 Å². The molecule has 0 spiro atoms. The second-order valence-corrected chi connectivity index (χ2v) is 8.47. The van der Waals surface area contributed by atoms with Gasteiger partial charge in [0.15, 0.2) is 0 Å². The predicted octanol–water partition coefficient (Wildman–Crippen LogP) is 4.54. The van der Waals surface area contributed by atoms with Gasteiger partial charge in [0.2, 0.25) is 11.8 Å². The van der Waals surface area contributed by atoms with Crippen molar-refractivity contribution in [2.75, 3.05) is 0 Å². The lowest BCUT2D eigenvalue weighted by atomic mass is 10.1. The van der Waals surface area contributed by atoms with Crippen molar-refractivity contribution >= 4 is 34.5 Å². The highest BCUT2D eigenvalue weighted by molar-refractivity contribution is 8.01. The van der Waals surface area contributed by atoms with Crippen molar-refractivity contribution in [3.63, 3.8) is 0 Å². The lowest BCUT2D eigenvalue weighted by Gasteiger charge is -2.15. The quantitative estimate of drug-likeness (QED) is 0.691. The smallest absolute Gasteiger partial charge is 0.346 e. The van der Waals surface area contributed by atoms with Crippen molar-refractivity contribution in [3.05, 3.63) is 52.3 Å². The van der Waals surface area contributed by atoms with Crippen molar-refractivity contribution in [1.29, 1.82) is 0 Å². The number of hydrogen-bond donors (Lipinski definition) is 0. The molecule has 0 aliphatic carbocycles. The summed E-state index contributed by atoms with van der Waals surface area (Å²) in [6.07, 6.45) is 6.76. The Hall–Kier alpha value is -2.41. The first-order valence-electron chi connectivity index (χ1n) is 9.61. The van der Waals surface area contributed by atoms with Gasteiger partial charge < -0.3 is 9.15 Å². The summed E-state index contributed by atoms with van der Waals surface area (Å²) in [6, 6.07) is 7.18. The standard InChI is InChI=1S/C21H22N2O4S/c1-13-7-3-2-4-10-18(24)26-19(22-13)16-11-12-17(28-16)20-23-15-9-6-5-8-14(15)21(25)27-20/h5-9,16-17H,2-4,10-12H2,1H3/b13-7+,22-19-. The molecule has 1 saturated heterocycles. The van der Waals surface area contributed by atoms with E-state index >= 15 is 0 Å². The fourth-order valence-corrected chi connectivity index (χ4v) is 4.82. The minimum absolute atomic E-state index is 0.0599. The first-order chi connectivity index (χ1) is 13.6. The molecule has 0 saturated carbocycles. The molecule has 0 amide bonds. The molecule has 0 bridgehead atoms. The van der Waals surface area contributed by atoms with Gasteiger partial charge in [0.1, 0.15) is 0 Å². The van der Waals surface area contributed by atoms with Crippen LogP contribution in [0.1, 0.15) is 56.6 Å². The third-order valence-electron chi connectivity index (χ3n) is 4.90. The number of benzene rings is 1. The molecular weight excluding hydrogens is 376 g/mol. The van der Waals surface area contributed by atoms with Gasteiger partial charge in [-0.15, -0.1) is 11.8 Å². The minimum Gasteiger partial charge on any atom is -0.410 e. The number of carbonyl (C=O) groups is 1. The molecule has 6 nitrogen and oxygen atoms in total. The molecule has 2 atom stereocenters. The van der Waals surface area contributed by atoms with Gasteiger partial charge in [-0.1, -0.05) is 18.2 Å². The molecule has 146 valence electrons. The Balaban J connectivity index is 1.58. The van der Waals surface area contributed by atoms with Crippen LogP contribution in [-0.4, -0.2) is 22.1 Å². The maximum Gasteiger partial charge on any atom is 0.346 e. The molecule has 1 fully saturated rings. The molecular formula is C21H22N2O4S. The summed E-state index contributed by atoms with van der Waals surface area (Å²) in [7, 11) is 0. The number of thioether (sulfide) groups is 1. The molecule has 0 N–H and O–H groups in total. The first kappa shape index (κ1) is 18.9. The minimum atomic E-state index is -0.370. The van der Waals surface area contributed by atoms with E-state index in [2.05, 4.69) is 16.1 Å². The van der Waals surface area contributed by atoms with Gasteiger partial charge in [-0.2, -0.15) is 0 Å². The Kier molecular flexibility index (Phi) is 5.62. The van der Waals surface area contributed by atoms with Crippen molar-refractivity contribution in [1.82, 2.24) is 4.98 Å². The van der Waals surface area contributed by atoms with E-state index in [1.54, 1.807) is 23.9 Å². The van der Waals surface area contributed by atoms with Gasteiger partial charge in [0.05, 0.1) is 21.4 Å². The van der Waals surface area contributed by atoms with E-state index in [0.29, 0.717) is 29.1 Å². The molecule has 2 aromatic rings. The number of cyclic esters (lactones) is 1. The zero-order valence-electron chi connectivity index (χ0n) is 15.7. The number of hydrogen-bond acceptors (Lipinski definition) is 7. The number of allylic oxidation sites excluding steroid dienone is 2. The van der Waals surface area contributed by atoms with Crippen LogP contribution in [0.25, 0.3) is 10.9 Å². The topological polar surface area (TPSA) is 81.8 Å². The van der Waals surface area contributed by atoms with E-state index in [1.807, 2.05) is 19.1 Å². The first-order valence-corrected chi connectivity index (χ1v) is 10.6. The zero-order chi connectivity index (χ0) is 19.5. The van der Waals surface area contributed by atoms with Crippen molar-refractivity contribution in [3.8, 4) is 0 Å². The van der Waals surface area contributed by atoms with Crippen LogP contribution < -0.4 is 5.63 Å². The molecule has 1 aromatic heterocycles. The largest absolute Gasteiger partial charge is 0.410 e. The zero-order valence-corrected chi connectivity index (χ0v) is 16.5. The number of ether oxygens (including phenoxy) is 1. The fraction of sp³-hybridized carbons (Fsp3) is 0.429. The average molecular weight is 398 g/mol. The second-order valence-electron chi connectivity index (χ2n) is 7.06. The average Bonchev–Trinajstić information content (AvgIpc) is 3.17. The summed E-state index contributed by atoms with van der Waals surface area (Å²) in [4.78, 5) is 33.5. The number of carbonyl (C=O) groups excluding carboxylic acids is 1. The van der Waals surface area contributed by atoms with Crippen LogP contribution in [0, 0.1) is 0 Å². The fourth-order valence-electron chi connectivity index (χ4n) is 3.45. The summed E-state index contributed by atoms with van der Waals surface area (Å²) < 4.78 is 11.1.